The Morgan fingerprint density at radius 1 is 0.682 bits per heavy atom. The minimum absolute atomic E-state index is 0.0823. The van der Waals surface area contributed by atoms with E-state index < -0.39 is 30.1 Å². The van der Waals surface area contributed by atoms with Crippen LogP contribution < -0.4 is 10.6 Å². The van der Waals surface area contributed by atoms with Gasteiger partial charge in [-0.05, 0) is 57.3 Å². The van der Waals surface area contributed by atoms with Crippen LogP contribution in [0.4, 0.5) is 0 Å². The van der Waals surface area contributed by atoms with Gasteiger partial charge in [-0.2, -0.15) is 0 Å². The fourth-order valence-electron chi connectivity index (χ4n) is 5.11. The summed E-state index contributed by atoms with van der Waals surface area (Å²) in [6.07, 6.45) is 20.8. The Morgan fingerprint density at radius 3 is 1.66 bits per heavy atom. The van der Waals surface area contributed by atoms with Gasteiger partial charge in [-0.3, -0.25) is 19.7 Å². The fourth-order valence-corrected chi connectivity index (χ4v) is 5.11. The van der Waals surface area contributed by atoms with E-state index in [9.17, 15) is 19.2 Å². The molecular formula is C35H60N2O7. The third-order valence-electron chi connectivity index (χ3n) is 7.84. The molecule has 0 aromatic heterocycles. The number of unbranched alkanes of at least 4 members (excludes halogenated alkanes) is 12. The van der Waals surface area contributed by atoms with Gasteiger partial charge in [0.05, 0.1) is 19.8 Å². The van der Waals surface area contributed by atoms with Crippen molar-refractivity contribution in [1.82, 2.24) is 10.6 Å². The second-order valence-corrected chi connectivity index (χ2v) is 12.1. The molecule has 3 atom stereocenters. The van der Waals surface area contributed by atoms with Crippen molar-refractivity contribution in [3.63, 3.8) is 0 Å². The average molecular weight is 621 g/mol. The highest BCUT2D eigenvalue weighted by atomic mass is 16.5. The number of hydrogen-bond donors (Lipinski definition) is 2. The number of amides is 1. The minimum atomic E-state index is -0.712. The summed E-state index contributed by atoms with van der Waals surface area (Å²) in [6, 6.07) is -1.76. The van der Waals surface area contributed by atoms with Gasteiger partial charge < -0.3 is 19.5 Å². The number of carbonyl (C=O) groups excluding carboxylic acids is 4. The molecule has 44 heavy (non-hydrogen) atoms. The molecule has 1 rings (SSSR count). The van der Waals surface area contributed by atoms with Gasteiger partial charge in [0.25, 0.3) is 0 Å². The lowest BCUT2D eigenvalue weighted by atomic mass is 10.0. The predicted molar refractivity (Wildman–Crippen MR) is 174 cm³/mol. The van der Waals surface area contributed by atoms with Gasteiger partial charge in [0.1, 0.15) is 18.1 Å². The molecule has 1 amide bonds. The molecule has 0 bridgehead atoms. The van der Waals surface area contributed by atoms with E-state index in [2.05, 4.69) is 23.8 Å². The number of nitrogens with one attached hydrogen (secondary N) is 2. The van der Waals surface area contributed by atoms with Crippen molar-refractivity contribution in [2.75, 3.05) is 19.8 Å². The summed E-state index contributed by atoms with van der Waals surface area (Å²) >= 11 is 0. The standard InChI is InChI=1S/C35H60N2O7/c1-5-7-9-11-13-15-17-19-22-31(38)37-32(28(3)4)35(41)44-27-21-26-43-34(40)30-24-23-29(36-30)33(39)42-25-20-18-16-14-12-10-8-6-2/h5-6,28-30,32,36H,1-2,7-27H2,3-4H3,(H,37,38). The summed E-state index contributed by atoms with van der Waals surface area (Å²) in [5, 5.41) is 5.84. The molecule has 9 nitrogen and oxygen atoms in total. The van der Waals surface area contributed by atoms with Gasteiger partial charge in [0.2, 0.25) is 5.91 Å². The van der Waals surface area contributed by atoms with Crippen molar-refractivity contribution in [1.29, 1.82) is 0 Å². The largest absolute Gasteiger partial charge is 0.465 e. The number of ether oxygens (including phenoxy) is 3. The average Bonchev–Trinajstić information content (AvgIpc) is 3.50. The highest BCUT2D eigenvalue weighted by molar-refractivity contribution is 5.84. The maximum atomic E-state index is 12.6. The lowest BCUT2D eigenvalue weighted by Gasteiger charge is -2.21. The molecule has 0 aliphatic carbocycles. The summed E-state index contributed by atoms with van der Waals surface area (Å²) in [5.74, 6) is -1.48. The molecule has 0 radical (unpaired) electrons. The molecule has 9 heteroatoms. The highest BCUT2D eigenvalue weighted by Crippen LogP contribution is 2.16. The Kier molecular flexibility index (Phi) is 22.9. The van der Waals surface area contributed by atoms with Crippen LogP contribution in [-0.2, 0) is 33.4 Å². The van der Waals surface area contributed by atoms with Gasteiger partial charge in [-0.25, -0.2) is 4.79 Å². The lowest BCUT2D eigenvalue weighted by molar-refractivity contribution is -0.150. The van der Waals surface area contributed by atoms with Crippen molar-refractivity contribution in [3.05, 3.63) is 25.3 Å². The fraction of sp³-hybridized carbons (Fsp3) is 0.771. The van der Waals surface area contributed by atoms with E-state index >= 15 is 0 Å². The summed E-state index contributed by atoms with van der Waals surface area (Å²) in [6.45, 7) is 11.8. The highest BCUT2D eigenvalue weighted by Gasteiger charge is 2.35. The molecule has 2 N–H and O–H groups in total. The topological polar surface area (TPSA) is 120 Å². The molecule has 1 aliphatic rings. The van der Waals surface area contributed by atoms with Crippen LogP contribution in [0.15, 0.2) is 25.3 Å². The molecule has 0 spiro atoms. The van der Waals surface area contributed by atoms with Gasteiger partial charge in [-0.15, -0.1) is 13.2 Å². The van der Waals surface area contributed by atoms with Crippen LogP contribution >= 0.6 is 0 Å². The van der Waals surface area contributed by atoms with Crippen LogP contribution in [0, 0.1) is 5.92 Å². The maximum Gasteiger partial charge on any atom is 0.328 e. The smallest absolute Gasteiger partial charge is 0.328 e. The third-order valence-corrected chi connectivity index (χ3v) is 7.84. The van der Waals surface area contributed by atoms with Crippen molar-refractivity contribution < 1.29 is 33.4 Å². The van der Waals surface area contributed by atoms with Crippen molar-refractivity contribution in [2.24, 2.45) is 5.92 Å². The van der Waals surface area contributed by atoms with Gasteiger partial charge in [0.15, 0.2) is 0 Å². The first-order valence-electron chi connectivity index (χ1n) is 17.1. The first-order valence-corrected chi connectivity index (χ1v) is 17.1. The van der Waals surface area contributed by atoms with Crippen LogP contribution in [0.2, 0.25) is 0 Å². The number of carbonyl (C=O) groups is 4. The number of hydrogen-bond acceptors (Lipinski definition) is 8. The van der Waals surface area contributed by atoms with Gasteiger partial charge in [0, 0.05) is 12.8 Å². The molecule has 1 aliphatic heterocycles. The van der Waals surface area contributed by atoms with E-state index in [1.165, 1.54) is 32.1 Å². The number of esters is 3. The van der Waals surface area contributed by atoms with Gasteiger partial charge in [-0.1, -0.05) is 77.4 Å². The number of allylic oxidation sites excluding steroid dienone is 2. The maximum absolute atomic E-state index is 12.6. The summed E-state index contributed by atoms with van der Waals surface area (Å²) in [5.41, 5.74) is 0. The molecule has 0 aromatic rings. The van der Waals surface area contributed by atoms with Crippen LogP contribution in [0.25, 0.3) is 0 Å². The van der Waals surface area contributed by atoms with Gasteiger partial charge >= 0.3 is 17.9 Å². The summed E-state index contributed by atoms with van der Waals surface area (Å²) in [7, 11) is 0. The van der Waals surface area contributed by atoms with Crippen LogP contribution in [0.5, 0.6) is 0 Å². The van der Waals surface area contributed by atoms with Crippen LogP contribution in [0.1, 0.15) is 129 Å². The first kappa shape index (κ1) is 39.3. The summed E-state index contributed by atoms with van der Waals surface area (Å²) in [4.78, 5) is 49.8. The SMILES string of the molecule is C=CCCCCCCCCOC(=O)C1CCC(C(=O)OCCCOC(=O)C(NC(=O)CCCCCCCCC=C)C(C)C)N1. The summed E-state index contributed by atoms with van der Waals surface area (Å²) < 4.78 is 16.1. The van der Waals surface area contributed by atoms with Crippen LogP contribution in [0.3, 0.4) is 0 Å². The first-order chi connectivity index (χ1) is 21.3. The Balaban J connectivity index is 2.16. The predicted octanol–water partition coefficient (Wildman–Crippen LogP) is 6.49. The van der Waals surface area contributed by atoms with E-state index in [0.717, 1.165) is 57.8 Å². The number of rotatable bonds is 27. The molecule has 3 unspecified atom stereocenters. The molecule has 252 valence electrons. The Morgan fingerprint density at radius 2 is 1.14 bits per heavy atom. The molecule has 0 saturated carbocycles. The van der Waals surface area contributed by atoms with E-state index in [-0.39, 0.29) is 31.0 Å². The van der Waals surface area contributed by atoms with E-state index in [1.54, 1.807) is 0 Å². The van der Waals surface area contributed by atoms with E-state index in [4.69, 9.17) is 14.2 Å². The van der Waals surface area contributed by atoms with Crippen molar-refractivity contribution >= 4 is 23.8 Å². The molecule has 1 saturated heterocycles. The zero-order chi connectivity index (χ0) is 32.4. The minimum Gasteiger partial charge on any atom is -0.465 e. The molecule has 1 fully saturated rings. The molecule has 0 aromatic carbocycles. The quantitative estimate of drug-likeness (QED) is 0.0463. The lowest BCUT2D eigenvalue weighted by Crippen LogP contribution is -2.45. The molecule has 1 heterocycles. The van der Waals surface area contributed by atoms with Crippen molar-refractivity contribution in [2.45, 2.75) is 148 Å². The third kappa shape index (κ3) is 18.9. The second-order valence-electron chi connectivity index (χ2n) is 12.1. The van der Waals surface area contributed by atoms with Crippen LogP contribution in [-0.4, -0.2) is 61.8 Å². The van der Waals surface area contributed by atoms with E-state index in [1.807, 2.05) is 26.0 Å². The Bertz CT molecular complexity index is 845. The normalized spacial score (nSPS) is 16.7. The molecular weight excluding hydrogens is 560 g/mol. The Hall–Kier alpha value is -2.68. The van der Waals surface area contributed by atoms with E-state index in [0.29, 0.717) is 32.3 Å². The zero-order valence-electron chi connectivity index (χ0n) is 27.6. The zero-order valence-corrected chi connectivity index (χ0v) is 27.6. The monoisotopic (exact) mass is 620 g/mol. The Labute approximate surface area is 266 Å². The van der Waals surface area contributed by atoms with Crippen molar-refractivity contribution in [3.8, 4) is 0 Å². The second kappa shape index (κ2) is 25.6.